The molecule has 0 amide bonds. The zero-order valence-corrected chi connectivity index (χ0v) is 18.7. The van der Waals surface area contributed by atoms with E-state index in [4.69, 9.17) is 9.47 Å². The number of allylic oxidation sites excluding steroid dienone is 1. The number of aryl methyl sites for hydroxylation is 1. The number of hydrogen-bond acceptors (Lipinski definition) is 9. The van der Waals surface area contributed by atoms with Crippen LogP contribution in [0.25, 0.3) is 0 Å². The second-order valence-electron chi connectivity index (χ2n) is 7.77. The molecular formula is C20H26N2O7S. The summed E-state index contributed by atoms with van der Waals surface area (Å²) in [5, 5.41) is 18.5. The van der Waals surface area contributed by atoms with Crippen LogP contribution in [0.2, 0.25) is 0 Å². The minimum Gasteiger partial charge on any atom is -0.509 e. The van der Waals surface area contributed by atoms with E-state index < -0.39 is 38.7 Å². The number of rotatable bonds is 6. The average Bonchev–Trinajstić information content (AvgIpc) is 2.59. The molecule has 1 aliphatic rings. The molecule has 1 atom stereocenters. The Morgan fingerprint density at radius 2 is 1.93 bits per heavy atom. The van der Waals surface area contributed by atoms with Crippen LogP contribution in [0.1, 0.15) is 32.8 Å². The third kappa shape index (κ3) is 4.69. The molecule has 0 fully saturated rings. The zero-order chi connectivity index (χ0) is 22.9. The Labute approximate surface area is 175 Å². The van der Waals surface area contributed by atoms with Crippen LogP contribution in [-0.2, 0) is 24.2 Å². The molecule has 0 aromatic heterocycles. The molecule has 2 rings (SSSR count). The third-order valence-corrected chi connectivity index (χ3v) is 6.07. The maximum atomic E-state index is 12.5. The first-order chi connectivity index (χ1) is 13.8. The van der Waals surface area contributed by atoms with Gasteiger partial charge in [-0.1, -0.05) is 13.8 Å². The van der Waals surface area contributed by atoms with E-state index in [1.165, 1.54) is 19.2 Å². The predicted molar refractivity (Wildman–Crippen MR) is 109 cm³/mol. The largest absolute Gasteiger partial charge is 0.509 e. The van der Waals surface area contributed by atoms with Gasteiger partial charge in [0.2, 0.25) is 0 Å². The minimum atomic E-state index is -3.48. The molecule has 0 heterocycles. The summed E-state index contributed by atoms with van der Waals surface area (Å²) in [6.07, 6.45) is 1.05. The fourth-order valence-corrected chi connectivity index (χ4v) is 4.38. The minimum absolute atomic E-state index is 0.0297. The standard InChI is InChI=1S/C20H26N2O7S/c1-7-29-19(25)16-18(24)17(13(23)10-20(16,3)4)22-21-12-8-11(2)15(30(6,26)27)9-14(12)28-5/h8-9,16,24H,7,10H2,1-6H3/b22-21+. The predicted octanol–water partition coefficient (Wildman–Crippen LogP) is 3.44. The van der Waals surface area contributed by atoms with Crippen LogP contribution in [0.4, 0.5) is 5.69 Å². The van der Waals surface area contributed by atoms with E-state index in [-0.39, 0.29) is 35.1 Å². The Morgan fingerprint density at radius 1 is 1.30 bits per heavy atom. The lowest BCUT2D eigenvalue weighted by atomic mass is 9.70. The van der Waals surface area contributed by atoms with Gasteiger partial charge >= 0.3 is 5.97 Å². The Kier molecular flexibility index (Phi) is 6.70. The molecule has 10 heteroatoms. The number of sulfone groups is 1. The number of azo groups is 1. The molecule has 0 saturated heterocycles. The first-order valence-electron chi connectivity index (χ1n) is 9.26. The summed E-state index contributed by atoms with van der Waals surface area (Å²) >= 11 is 0. The van der Waals surface area contributed by atoms with Gasteiger partial charge in [-0.15, -0.1) is 10.2 Å². The van der Waals surface area contributed by atoms with Crippen molar-refractivity contribution in [3.05, 3.63) is 29.2 Å². The van der Waals surface area contributed by atoms with E-state index in [2.05, 4.69) is 10.2 Å². The van der Waals surface area contributed by atoms with Gasteiger partial charge in [-0.2, -0.15) is 0 Å². The maximum Gasteiger partial charge on any atom is 0.317 e. The summed E-state index contributed by atoms with van der Waals surface area (Å²) in [5.41, 5.74) is -0.587. The number of methoxy groups -OCH3 is 1. The molecule has 1 aliphatic carbocycles. The topological polar surface area (TPSA) is 132 Å². The first-order valence-corrected chi connectivity index (χ1v) is 11.2. The van der Waals surface area contributed by atoms with Crippen molar-refractivity contribution >= 4 is 27.3 Å². The second-order valence-corrected chi connectivity index (χ2v) is 9.75. The van der Waals surface area contributed by atoms with Gasteiger partial charge in [0, 0.05) is 18.7 Å². The summed E-state index contributed by atoms with van der Waals surface area (Å²) in [4.78, 5) is 25.0. The van der Waals surface area contributed by atoms with E-state index in [1.54, 1.807) is 27.7 Å². The van der Waals surface area contributed by atoms with Crippen molar-refractivity contribution < 1.29 is 32.6 Å². The molecule has 0 bridgehead atoms. The van der Waals surface area contributed by atoms with Crippen molar-refractivity contribution in [2.75, 3.05) is 20.0 Å². The van der Waals surface area contributed by atoms with Crippen molar-refractivity contribution in [2.24, 2.45) is 21.6 Å². The van der Waals surface area contributed by atoms with Gasteiger partial charge in [-0.25, -0.2) is 8.42 Å². The number of benzene rings is 1. The van der Waals surface area contributed by atoms with Crippen molar-refractivity contribution in [2.45, 2.75) is 39.0 Å². The van der Waals surface area contributed by atoms with Gasteiger partial charge in [0.05, 0.1) is 18.6 Å². The van der Waals surface area contributed by atoms with Gasteiger partial charge in [-0.05, 0) is 30.9 Å². The SMILES string of the molecule is CCOC(=O)C1C(O)=C(/N=N/c2cc(C)c(S(C)(=O)=O)cc2OC)C(=O)CC1(C)C. The molecule has 0 radical (unpaired) electrons. The summed E-state index contributed by atoms with van der Waals surface area (Å²) in [6, 6.07) is 2.77. The first kappa shape index (κ1) is 23.5. The van der Waals surface area contributed by atoms with E-state index in [9.17, 15) is 23.1 Å². The lowest BCUT2D eigenvalue weighted by molar-refractivity contribution is -0.152. The van der Waals surface area contributed by atoms with Crippen LogP contribution in [0.15, 0.2) is 38.7 Å². The van der Waals surface area contributed by atoms with Crippen LogP contribution in [0.3, 0.4) is 0 Å². The van der Waals surface area contributed by atoms with Crippen LogP contribution in [0.5, 0.6) is 5.75 Å². The van der Waals surface area contributed by atoms with Crippen molar-refractivity contribution in [1.82, 2.24) is 0 Å². The van der Waals surface area contributed by atoms with E-state index in [1.807, 2.05) is 0 Å². The summed E-state index contributed by atoms with van der Waals surface area (Å²) < 4.78 is 34.0. The average molecular weight is 439 g/mol. The highest BCUT2D eigenvalue weighted by atomic mass is 32.2. The van der Waals surface area contributed by atoms with Gasteiger partial charge in [-0.3, -0.25) is 9.59 Å². The van der Waals surface area contributed by atoms with Crippen LogP contribution in [0, 0.1) is 18.3 Å². The molecule has 0 saturated carbocycles. The molecule has 0 aliphatic heterocycles. The quantitative estimate of drug-likeness (QED) is 0.531. The Bertz CT molecular complexity index is 1040. The number of ketones is 1. The Hall–Kier alpha value is -2.75. The summed E-state index contributed by atoms with van der Waals surface area (Å²) in [5.74, 6) is -2.53. The smallest absolute Gasteiger partial charge is 0.317 e. The normalized spacial score (nSPS) is 19.3. The number of aliphatic hydroxyl groups excluding tert-OH is 1. The number of nitrogens with zero attached hydrogens (tertiary/aromatic N) is 2. The van der Waals surface area contributed by atoms with Crippen LogP contribution in [-0.4, -0.2) is 45.2 Å². The van der Waals surface area contributed by atoms with E-state index in [0.717, 1.165) is 6.26 Å². The second kappa shape index (κ2) is 8.55. The van der Waals surface area contributed by atoms with Crippen molar-refractivity contribution in [3.8, 4) is 5.75 Å². The van der Waals surface area contributed by atoms with Gasteiger partial charge < -0.3 is 14.6 Å². The van der Waals surface area contributed by atoms with Crippen LogP contribution >= 0.6 is 0 Å². The molecule has 30 heavy (non-hydrogen) atoms. The van der Waals surface area contributed by atoms with Gasteiger partial charge in [0.25, 0.3) is 0 Å². The van der Waals surface area contributed by atoms with E-state index >= 15 is 0 Å². The molecule has 1 N–H and O–H groups in total. The van der Waals surface area contributed by atoms with Crippen molar-refractivity contribution in [1.29, 1.82) is 0 Å². The Balaban J connectivity index is 2.54. The molecule has 164 valence electrons. The van der Waals surface area contributed by atoms with Crippen LogP contribution < -0.4 is 4.74 Å². The number of ether oxygens (including phenoxy) is 2. The fourth-order valence-electron chi connectivity index (χ4n) is 3.41. The zero-order valence-electron chi connectivity index (χ0n) is 17.8. The lowest BCUT2D eigenvalue weighted by Gasteiger charge is -2.35. The van der Waals surface area contributed by atoms with E-state index in [0.29, 0.717) is 5.56 Å². The molecule has 1 unspecified atom stereocenters. The van der Waals surface area contributed by atoms with Crippen molar-refractivity contribution in [3.63, 3.8) is 0 Å². The number of Topliss-reactive ketones (excluding diaryl/α,β-unsaturated/α-hetero) is 1. The highest BCUT2D eigenvalue weighted by molar-refractivity contribution is 7.90. The Morgan fingerprint density at radius 3 is 2.47 bits per heavy atom. The molecule has 1 aromatic carbocycles. The molecular weight excluding hydrogens is 412 g/mol. The van der Waals surface area contributed by atoms with Gasteiger partial charge in [0.15, 0.2) is 21.3 Å². The number of aliphatic hydroxyl groups is 1. The highest BCUT2D eigenvalue weighted by Crippen LogP contribution is 2.43. The third-order valence-electron chi connectivity index (χ3n) is 4.83. The maximum absolute atomic E-state index is 12.5. The summed E-state index contributed by atoms with van der Waals surface area (Å²) in [6.45, 7) is 6.75. The number of hydrogen-bond donors (Lipinski definition) is 1. The molecule has 0 spiro atoms. The number of carbonyl (C=O) groups is 2. The summed E-state index contributed by atoms with van der Waals surface area (Å²) in [7, 11) is -2.13. The lowest BCUT2D eigenvalue weighted by Crippen LogP contribution is -2.40. The molecule has 9 nitrogen and oxygen atoms in total. The fraction of sp³-hybridized carbons (Fsp3) is 0.500. The van der Waals surface area contributed by atoms with Gasteiger partial charge in [0.1, 0.15) is 23.1 Å². The number of carbonyl (C=O) groups excluding carboxylic acids is 2. The number of esters is 1. The monoisotopic (exact) mass is 438 g/mol. The molecule has 1 aromatic rings. The highest BCUT2D eigenvalue weighted by Gasteiger charge is 2.47.